The van der Waals surface area contributed by atoms with Crippen LogP contribution in [0.15, 0.2) is 77.3 Å². The average molecular weight is 485 g/mol. The van der Waals surface area contributed by atoms with Crippen LogP contribution < -0.4 is 4.72 Å². The molecule has 0 unspecified atom stereocenters. The van der Waals surface area contributed by atoms with Gasteiger partial charge in [-0.1, -0.05) is 48.2 Å². The van der Waals surface area contributed by atoms with E-state index in [2.05, 4.69) is 14.9 Å². The highest BCUT2D eigenvalue weighted by molar-refractivity contribution is 7.99. The number of nitrogens with one attached hydrogen (secondary N) is 1. The molecule has 0 aliphatic carbocycles. The lowest BCUT2D eigenvalue weighted by Crippen LogP contribution is -2.10. The van der Waals surface area contributed by atoms with Crippen LogP contribution >= 0.6 is 23.1 Å². The predicted octanol–water partition coefficient (Wildman–Crippen LogP) is 4.40. The van der Waals surface area contributed by atoms with Crippen LogP contribution in [0.5, 0.6) is 0 Å². The van der Waals surface area contributed by atoms with Crippen LogP contribution in [0.4, 0.5) is 5.69 Å². The Bertz CT molecular complexity index is 1300. The normalized spacial score (nSPS) is 11.4. The van der Waals surface area contributed by atoms with E-state index in [1.807, 2.05) is 52.4 Å². The molecule has 4 aromatic rings. The van der Waals surface area contributed by atoms with Crippen molar-refractivity contribution < 1.29 is 13.2 Å². The first-order chi connectivity index (χ1) is 15.4. The Balaban J connectivity index is 1.51. The topological polar surface area (TPSA) is 93.9 Å². The molecule has 0 aliphatic rings. The van der Waals surface area contributed by atoms with Gasteiger partial charge in [-0.2, -0.15) is 0 Å². The zero-order valence-electron chi connectivity index (χ0n) is 17.1. The van der Waals surface area contributed by atoms with Gasteiger partial charge < -0.3 is 0 Å². The SMILES string of the molecule is CS(=O)(=O)Nc1ccc(C(=O)CSc2nnc(-c3cccs3)n2Cc2ccccc2)cc1. The lowest BCUT2D eigenvalue weighted by atomic mass is 10.1. The van der Waals surface area contributed by atoms with Crippen LogP contribution in [0.3, 0.4) is 0 Å². The molecule has 164 valence electrons. The number of nitrogens with zero attached hydrogens (tertiary/aromatic N) is 3. The highest BCUT2D eigenvalue weighted by Gasteiger charge is 2.17. The van der Waals surface area contributed by atoms with Crippen molar-refractivity contribution in [2.75, 3.05) is 16.7 Å². The number of thiophene rings is 1. The number of carbonyl (C=O) groups excluding carboxylic acids is 1. The molecule has 32 heavy (non-hydrogen) atoms. The van der Waals surface area contributed by atoms with Gasteiger partial charge in [0.2, 0.25) is 10.0 Å². The maximum absolute atomic E-state index is 12.7. The molecular weight excluding hydrogens is 464 g/mol. The highest BCUT2D eigenvalue weighted by Crippen LogP contribution is 2.28. The van der Waals surface area contributed by atoms with Crippen molar-refractivity contribution in [2.24, 2.45) is 0 Å². The van der Waals surface area contributed by atoms with Crippen molar-refractivity contribution in [3.8, 4) is 10.7 Å². The molecule has 1 N–H and O–H groups in total. The summed E-state index contributed by atoms with van der Waals surface area (Å²) in [6, 6.07) is 20.4. The number of hydrogen-bond acceptors (Lipinski definition) is 7. The van der Waals surface area contributed by atoms with E-state index in [4.69, 9.17) is 0 Å². The standard InChI is InChI=1S/C22H20N4O3S3/c1-32(28,29)25-18-11-9-17(10-12-18)19(27)15-31-22-24-23-21(20-8-5-13-30-20)26(22)14-16-6-3-2-4-7-16/h2-13,25H,14-15H2,1H3. The second-order valence-electron chi connectivity index (χ2n) is 7.02. The number of benzene rings is 2. The molecule has 0 bridgehead atoms. The molecule has 0 atom stereocenters. The third-order valence-corrected chi connectivity index (χ3v) is 6.92. The summed E-state index contributed by atoms with van der Waals surface area (Å²) in [5.74, 6) is 0.888. The Hall–Kier alpha value is -2.95. The summed E-state index contributed by atoms with van der Waals surface area (Å²) < 4.78 is 27.1. The fourth-order valence-electron chi connectivity index (χ4n) is 3.04. The zero-order valence-corrected chi connectivity index (χ0v) is 19.6. The maximum atomic E-state index is 12.7. The summed E-state index contributed by atoms with van der Waals surface area (Å²) in [5, 5.41) is 11.4. The number of carbonyl (C=O) groups is 1. The lowest BCUT2D eigenvalue weighted by Gasteiger charge is -2.10. The van der Waals surface area contributed by atoms with Gasteiger partial charge in [-0.15, -0.1) is 21.5 Å². The van der Waals surface area contributed by atoms with Crippen molar-refractivity contribution >= 4 is 44.6 Å². The molecule has 0 amide bonds. The van der Waals surface area contributed by atoms with Gasteiger partial charge in [0.25, 0.3) is 0 Å². The van der Waals surface area contributed by atoms with E-state index in [1.165, 1.54) is 11.8 Å². The number of hydrogen-bond donors (Lipinski definition) is 1. The summed E-state index contributed by atoms with van der Waals surface area (Å²) in [6.45, 7) is 0.601. The molecule has 7 nitrogen and oxygen atoms in total. The molecule has 0 fully saturated rings. The second-order valence-corrected chi connectivity index (χ2v) is 10.7. The molecule has 2 aromatic heterocycles. The minimum Gasteiger partial charge on any atom is -0.297 e. The quantitative estimate of drug-likeness (QED) is 0.280. The van der Waals surface area contributed by atoms with Crippen LogP contribution in [0.25, 0.3) is 10.7 Å². The van der Waals surface area contributed by atoms with Gasteiger partial charge >= 0.3 is 0 Å². The molecule has 2 heterocycles. The van der Waals surface area contributed by atoms with Crippen LogP contribution in [-0.4, -0.2) is 41.0 Å². The van der Waals surface area contributed by atoms with Gasteiger partial charge in [0.15, 0.2) is 16.8 Å². The largest absolute Gasteiger partial charge is 0.297 e. The number of ketones is 1. The lowest BCUT2D eigenvalue weighted by molar-refractivity contribution is 0.102. The Morgan fingerprint density at radius 1 is 1.03 bits per heavy atom. The van der Waals surface area contributed by atoms with Crippen molar-refractivity contribution in [2.45, 2.75) is 11.7 Å². The number of sulfonamides is 1. The van der Waals surface area contributed by atoms with Gasteiger partial charge in [-0.25, -0.2) is 8.42 Å². The van der Waals surface area contributed by atoms with E-state index in [-0.39, 0.29) is 11.5 Å². The summed E-state index contributed by atoms with van der Waals surface area (Å²) in [7, 11) is -3.36. The van der Waals surface area contributed by atoms with E-state index in [0.29, 0.717) is 23.0 Å². The smallest absolute Gasteiger partial charge is 0.229 e. The Morgan fingerprint density at radius 2 is 1.78 bits per heavy atom. The molecule has 0 aliphatic heterocycles. The maximum Gasteiger partial charge on any atom is 0.229 e. The first kappa shape index (κ1) is 22.3. The van der Waals surface area contributed by atoms with Gasteiger partial charge in [-0.05, 0) is 41.3 Å². The zero-order chi connectivity index (χ0) is 22.6. The Labute approximate surface area is 194 Å². The third-order valence-electron chi connectivity index (χ3n) is 4.48. The van der Waals surface area contributed by atoms with Gasteiger partial charge in [0.1, 0.15) is 0 Å². The number of rotatable bonds is 9. The summed E-state index contributed by atoms with van der Waals surface area (Å²) >= 11 is 2.93. The summed E-state index contributed by atoms with van der Waals surface area (Å²) in [4.78, 5) is 13.7. The second kappa shape index (κ2) is 9.68. The Morgan fingerprint density at radius 3 is 2.44 bits per heavy atom. The minimum absolute atomic E-state index is 0.0761. The van der Waals surface area contributed by atoms with E-state index in [1.54, 1.807) is 35.6 Å². The molecule has 4 rings (SSSR count). The van der Waals surface area contributed by atoms with Crippen molar-refractivity contribution in [3.05, 3.63) is 83.2 Å². The number of aromatic nitrogens is 3. The number of Topliss-reactive ketones (excluding diaryl/α,β-unsaturated/α-hetero) is 1. The van der Waals surface area contributed by atoms with Crippen LogP contribution in [0.1, 0.15) is 15.9 Å². The average Bonchev–Trinajstić information content (AvgIpc) is 3.42. The Kier molecular flexibility index (Phi) is 6.73. The molecule has 0 saturated heterocycles. The van der Waals surface area contributed by atoms with Gasteiger partial charge in [-0.3, -0.25) is 14.1 Å². The van der Waals surface area contributed by atoms with Crippen molar-refractivity contribution in [1.29, 1.82) is 0 Å². The monoisotopic (exact) mass is 484 g/mol. The third kappa shape index (κ3) is 5.64. The van der Waals surface area contributed by atoms with E-state index in [0.717, 1.165) is 22.5 Å². The predicted molar refractivity (Wildman–Crippen MR) is 129 cm³/mol. The van der Waals surface area contributed by atoms with Crippen LogP contribution in [0.2, 0.25) is 0 Å². The van der Waals surface area contributed by atoms with Crippen molar-refractivity contribution in [3.63, 3.8) is 0 Å². The van der Waals surface area contributed by atoms with Gasteiger partial charge in [0, 0.05) is 11.3 Å². The van der Waals surface area contributed by atoms with E-state index < -0.39 is 10.0 Å². The number of anilines is 1. The van der Waals surface area contributed by atoms with Crippen LogP contribution in [0, 0.1) is 0 Å². The molecule has 0 saturated carbocycles. The molecular formula is C22H20N4O3S3. The van der Waals surface area contributed by atoms with Crippen molar-refractivity contribution in [1.82, 2.24) is 14.8 Å². The van der Waals surface area contributed by atoms with Crippen LogP contribution in [-0.2, 0) is 16.6 Å². The molecule has 0 radical (unpaired) electrons. The highest BCUT2D eigenvalue weighted by atomic mass is 32.2. The van der Waals surface area contributed by atoms with E-state index >= 15 is 0 Å². The molecule has 0 spiro atoms. The first-order valence-electron chi connectivity index (χ1n) is 9.64. The summed E-state index contributed by atoms with van der Waals surface area (Å²) in [6.07, 6.45) is 1.08. The fourth-order valence-corrected chi connectivity index (χ4v) is 5.16. The minimum atomic E-state index is -3.36. The summed E-state index contributed by atoms with van der Waals surface area (Å²) in [5.41, 5.74) is 2.04. The number of thioether (sulfide) groups is 1. The molecule has 2 aromatic carbocycles. The van der Waals surface area contributed by atoms with Gasteiger partial charge in [0.05, 0.1) is 23.4 Å². The fraction of sp³-hybridized carbons (Fsp3) is 0.136. The van der Waals surface area contributed by atoms with E-state index in [9.17, 15) is 13.2 Å². The first-order valence-corrected chi connectivity index (χ1v) is 13.4. The molecule has 10 heteroatoms.